The molecule has 14 nitrogen and oxygen atoms in total. The summed E-state index contributed by atoms with van der Waals surface area (Å²) >= 11 is 0. The van der Waals surface area contributed by atoms with Crippen molar-refractivity contribution in [1.82, 2.24) is 34.9 Å². The largest absolute Gasteiger partial charge is 2.00 e. The third-order valence-electron chi connectivity index (χ3n) is 7.34. The Labute approximate surface area is 671 Å². The van der Waals surface area contributed by atoms with Crippen LogP contribution in [0.3, 0.4) is 0 Å². The van der Waals surface area contributed by atoms with Crippen LogP contribution in [-0.2, 0) is 119 Å². The summed E-state index contributed by atoms with van der Waals surface area (Å²) in [6.07, 6.45) is 30.8. The summed E-state index contributed by atoms with van der Waals surface area (Å²) in [5.41, 5.74) is 12.1. The van der Waals surface area contributed by atoms with Gasteiger partial charge in [-0.1, -0.05) is 146 Å². The van der Waals surface area contributed by atoms with Gasteiger partial charge in [0.05, 0.1) is 5.54 Å². The molecule has 0 aromatic carbocycles. The van der Waals surface area contributed by atoms with Crippen LogP contribution in [-0.4, -0.2) is 82.3 Å². The zero-order valence-electron chi connectivity index (χ0n) is 62.8. The minimum absolute atomic E-state index is 0. The van der Waals surface area contributed by atoms with Crippen molar-refractivity contribution < 1.29 is 119 Å². The summed E-state index contributed by atoms with van der Waals surface area (Å²) in [4.78, 5) is 52.0. The van der Waals surface area contributed by atoms with Gasteiger partial charge in [-0.15, -0.1) is 80.2 Å². The summed E-state index contributed by atoms with van der Waals surface area (Å²) < 4.78 is 0. The van der Waals surface area contributed by atoms with E-state index in [4.69, 9.17) is 5.41 Å². The average Bonchev–Trinajstić information content (AvgIpc) is 1.90. The fourth-order valence-electron chi connectivity index (χ4n) is 3.95. The molecule has 0 N–H and O–H groups in total. The molecule has 7 heterocycles. The van der Waals surface area contributed by atoms with Gasteiger partial charge in [-0.05, 0) is 130 Å². The number of hydrogen-bond acceptors (Lipinski definition) is 6. The van der Waals surface area contributed by atoms with Crippen LogP contribution in [0.4, 0.5) is 0 Å². The zero-order valence-corrected chi connectivity index (χ0v) is 71.1. The van der Waals surface area contributed by atoms with E-state index in [2.05, 4.69) is 152 Å². The summed E-state index contributed by atoms with van der Waals surface area (Å²) in [5.74, 6) is 0. The molecule has 7 aromatic rings. The van der Waals surface area contributed by atoms with Gasteiger partial charge < -0.3 is 40.3 Å². The molecule has 0 saturated carbocycles. The Kier molecular flexibility index (Phi) is 125. The maximum Gasteiger partial charge on any atom is 2.00 e. The van der Waals surface area contributed by atoms with Crippen LogP contribution in [0, 0.1) is 0 Å². The molecule has 98 heavy (non-hydrogen) atoms. The predicted molar refractivity (Wildman–Crippen MR) is 408 cm³/mol. The fourth-order valence-corrected chi connectivity index (χ4v) is 3.95. The molecule has 0 unspecified atom stereocenters. The molecule has 0 saturated heterocycles. The number of aliphatic imine (C=N–C) groups is 6. The quantitative estimate of drug-likeness (QED) is 0.0622. The maximum atomic E-state index is 8.24. The zero-order chi connectivity index (χ0) is 70.9. The van der Waals surface area contributed by atoms with Gasteiger partial charge in [-0.25, -0.2) is 6.21 Å². The monoisotopic (exact) mass is 1620 g/mol. The first kappa shape index (κ1) is 126. The van der Waals surface area contributed by atoms with Gasteiger partial charge in [0.2, 0.25) is 0 Å². The van der Waals surface area contributed by atoms with Crippen molar-refractivity contribution in [1.29, 1.82) is 0 Å². The third-order valence-corrected chi connectivity index (χ3v) is 7.34. The van der Waals surface area contributed by atoms with Gasteiger partial charge in [0.25, 0.3) is 0 Å². The second kappa shape index (κ2) is 97.8. The van der Waals surface area contributed by atoms with Gasteiger partial charge >= 0.3 is 17.1 Å². The molecule has 0 aliphatic heterocycles. The number of rotatable bonds is 13. The van der Waals surface area contributed by atoms with Crippen molar-refractivity contribution in [3.63, 3.8) is 0 Å². The molecular weight excluding hydrogens is 1510 g/mol. The van der Waals surface area contributed by atoms with E-state index >= 15 is 0 Å². The van der Waals surface area contributed by atoms with Crippen molar-refractivity contribution in [3.8, 4) is 0 Å². The molecule has 0 amide bonds. The molecule has 21 heteroatoms. The third kappa shape index (κ3) is 134. The SMILES string of the molecule is C=C(C)C.C=C(C)C.C=C(C)C.C=C(C)C.C=C(C)C.C=CCC.C=CCC.CC(C)(C)N=Cc1ccc[n-]1.CC(C)N=Cc1ccc[n-]1.CCCN=Cc1ccc[n-]1.CCN=Cc1ccc[n-]1.CN=Cc1ccc[n-]1.CN=Cc1ccc[n-]1.[Mn+2].[Mn].[Mn].[Mn].[Mn].[Mn].[Mn].[N-]=Cc1ccc[n-]1. The van der Waals surface area contributed by atoms with E-state index in [0.29, 0.717) is 11.7 Å². The van der Waals surface area contributed by atoms with Crippen molar-refractivity contribution >= 4 is 43.5 Å². The van der Waals surface area contributed by atoms with E-state index in [0.717, 1.165) is 72.7 Å². The fraction of sp³-hybridized carbons (Fsp3) is 0.364. The van der Waals surface area contributed by atoms with Crippen LogP contribution in [0.5, 0.6) is 0 Å². The Morgan fingerprint density at radius 2 is 0.643 bits per heavy atom. The van der Waals surface area contributed by atoms with Crippen molar-refractivity contribution in [2.75, 3.05) is 27.2 Å². The first-order valence-electron chi connectivity index (χ1n) is 30.3. The minimum Gasteiger partial charge on any atom is -0.812 e. The molecule has 0 bridgehead atoms. The Morgan fingerprint density at radius 1 is 0.418 bits per heavy atom. The molecule has 7 rings (SSSR count). The van der Waals surface area contributed by atoms with Gasteiger partial charge in [0.1, 0.15) is 0 Å². The maximum absolute atomic E-state index is 8.24. The molecule has 0 aliphatic rings. The molecular formula is C77H118Mn7N14-6. The smallest absolute Gasteiger partial charge is 0.812 e. The molecule has 7 aromatic heterocycles. The first-order valence-corrected chi connectivity index (χ1v) is 30.3. The van der Waals surface area contributed by atoms with Crippen molar-refractivity contribution in [2.24, 2.45) is 30.0 Å². The second-order valence-electron chi connectivity index (χ2n) is 21.2. The first-order chi connectivity index (χ1) is 43.0. The summed E-state index contributed by atoms with van der Waals surface area (Å²) in [6.45, 7) is 64.7. The van der Waals surface area contributed by atoms with Gasteiger partial charge in [0.15, 0.2) is 0 Å². The topological polar surface area (TPSA) is 195 Å². The van der Waals surface area contributed by atoms with Gasteiger partial charge in [-0.2, -0.15) is 49.1 Å². The van der Waals surface area contributed by atoms with E-state index in [1.54, 1.807) is 101 Å². The summed E-state index contributed by atoms with van der Waals surface area (Å²) in [6, 6.07) is 26.8. The normalized spacial score (nSPS) is 8.88. The number of aromatic nitrogens is 7. The van der Waals surface area contributed by atoms with Crippen LogP contribution >= 0.6 is 0 Å². The molecule has 0 spiro atoms. The van der Waals surface area contributed by atoms with E-state index < -0.39 is 0 Å². The Hall–Kier alpha value is -5.53. The second-order valence-corrected chi connectivity index (χ2v) is 21.2. The number of hydrogen-bond donors (Lipinski definition) is 0. The molecule has 0 fully saturated rings. The molecule has 7 radical (unpaired) electrons. The van der Waals surface area contributed by atoms with Crippen LogP contribution in [0.15, 0.2) is 244 Å². The molecule has 0 aliphatic carbocycles. The van der Waals surface area contributed by atoms with E-state index in [9.17, 15) is 0 Å². The standard InChI is InChI=1S/C9H13N2.2C8H11N2.C7H9N2.2C6H7N2.C5H4N2.7C4H8.7Mn/c1-9(2,3)11-7-8-5-4-6-10-8;1-7(2)10-6-8-4-3-5-9-8;1-2-5-9-7-8-4-3-6-10-8;1-2-8-6-7-4-3-5-9-7;2*1-7-5-6-3-2-4-8-6;6-4-5-2-1-3-7-5;5*1-4(2)3;2*1-3-4-2;;;;;;;/h4-7H,1-3H3;3-7H,1-2H3;3-4,6-7H,2,5H2,1H3;3-6H,2H2,1H3;2*2-5H,1H3;1-4H;5*1H2,2-3H3;2*3H,1,4H2,2H3;;;;;;;/q6*-1;-2;;;;;;;;;;;;;;+2. The van der Waals surface area contributed by atoms with Crippen LogP contribution < -0.4 is 34.9 Å². The predicted octanol–water partition coefficient (Wildman–Crippen LogP) is 19.0. The Bertz CT molecular complexity index is 2690. The van der Waals surface area contributed by atoms with E-state index in [1.165, 1.54) is 27.9 Å². The van der Waals surface area contributed by atoms with Gasteiger partial charge in [0, 0.05) is 173 Å². The Morgan fingerprint density at radius 3 is 0.816 bits per heavy atom. The van der Waals surface area contributed by atoms with E-state index in [-0.39, 0.29) is 125 Å². The number of allylic oxidation sites excluding steroid dienone is 7. The van der Waals surface area contributed by atoms with Crippen molar-refractivity contribution in [3.05, 3.63) is 260 Å². The van der Waals surface area contributed by atoms with E-state index in [1.807, 2.05) is 181 Å². The Balaban J connectivity index is -0.0000000653. The molecule has 0 atom stereocenters. The minimum atomic E-state index is -0.00104. The molecule has 551 valence electrons. The summed E-state index contributed by atoms with van der Waals surface area (Å²) in [7, 11) is 3.46. The van der Waals surface area contributed by atoms with Gasteiger partial charge in [-0.3, -0.25) is 30.0 Å². The number of nitrogens with zero attached hydrogens (tertiary/aromatic N) is 14. The van der Waals surface area contributed by atoms with Crippen LogP contribution in [0.2, 0.25) is 0 Å². The van der Waals surface area contributed by atoms with Crippen LogP contribution in [0.25, 0.3) is 5.41 Å². The summed E-state index contributed by atoms with van der Waals surface area (Å²) in [5, 5.41) is 8.24. The average molecular weight is 1620 g/mol. The van der Waals surface area contributed by atoms with Crippen molar-refractivity contribution in [2.45, 2.75) is 162 Å². The van der Waals surface area contributed by atoms with Crippen LogP contribution in [0.1, 0.15) is 191 Å².